The molecule has 0 radical (unpaired) electrons. The molecule has 4 heteroatoms. The maximum absolute atomic E-state index is 9.01. The van der Waals surface area contributed by atoms with Gasteiger partial charge in [0.05, 0.1) is 0 Å². The van der Waals surface area contributed by atoms with E-state index in [0.717, 1.165) is 24.3 Å². The molecule has 3 nitrogen and oxygen atoms in total. The highest BCUT2D eigenvalue weighted by Crippen LogP contribution is 2.28. The zero-order chi connectivity index (χ0) is 13.9. The number of benzene rings is 1. The Morgan fingerprint density at radius 2 is 2.21 bits per heavy atom. The molecule has 1 heterocycles. The summed E-state index contributed by atoms with van der Waals surface area (Å²) in [4.78, 5) is 0. The molecule has 104 valence electrons. The normalized spacial score (nSPS) is 14.6. The van der Waals surface area contributed by atoms with E-state index in [2.05, 4.69) is 25.2 Å². The standard InChI is InChI=1S/C15H20ClNO2/c1-15(2,5-6-18)17-9-11-7-12-8-13(16)3-4-14(12)19-10-11/h3-4,7-8,17-18H,5-6,9-10H2,1-2H3. The highest BCUT2D eigenvalue weighted by molar-refractivity contribution is 6.30. The summed E-state index contributed by atoms with van der Waals surface area (Å²) in [5, 5.41) is 13.2. The van der Waals surface area contributed by atoms with Gasteiger partial charge in [0.1, 0.15) is 12.4 Å². The quantitative estimate of drug-likeness (QED) is 0.872. The average molecular weight is 282 g/mol. The molecule has 0 spiro atoms. The lowest BCUT2D eigenvalue weighted by Gasteiger charge is -2.27. The molecule has 19 heavy (non-hydrogen) atoms. The lowest BCUT2D eigenvalue weighted by Crippen LogP contribution is -2.41. The minimum atomic E-state index is -0.0792. The zero-order valence-corrected chi connectivity index (χ0v) is 12.1. The minimum Gasteiger partial charge on any atom is -0.489 e. The Bertz CT molecular complexity index is 483. The van der Waals surface area contributed by atoms with Gasteiger partial charge in [0.25, 0.3) is 0 Å². The molecule has 1 aromatic carbocycles. The third-order valence-electron chi connectivity index (χ3n) is 3.28. The minimum absolute atomic E-state index is 0.0792. The second-order valence-corrected chi connectivity index (χ2v) is 5.92. The lowest BCUT2D eigenvalue weighted by atomic mass is 10.00. The number of ether oxygens (including phenoxy) is 1. The van der Waals surface area contributed by atoms with Crippen LogP contribution >= 0.6 is 11.6 Å². The second kappa shape index (κ2) is 5.95. The van der Waals surface area contributed by atoms with Crippen LogP contribution in [-0.4, -0.2) is 30.4 Å². The molecule has 1 aliphatic rings. The molecular formula is C15H20ClNO2. The summed E-state index contributed by atoms with van der Waals surface area (Å²) in [6.07, 6.45) is 2.84. The van der Waals surface area contributed by atoms with E-state index in [1.807, 2.05) is 18.2 Å². The van der Waals surface area contributed by atoms with Crippen molar-refractivity contribution in [3.05, 3.63) is 34.4 Å². The van der Waals surface area contributed by atoms with Crippen molar-refractivity contribution in [3.63, 3.8) is 0 Å². The van der Waals surface area contributed by atoms with Crippen LogP contribution in [0.15, 0.2) is 23.8 Å². The van der Waals surface area contributed by atoms with Crippen molar-refractivity contribution in [1.29, 1.82) is 0 Å². The molecule has 0 atom stereocenters. The van der Waals surface area contributed by atoms with Gasteiger partial charge in [-0.1, -0.05) is 11.6 Å². The highest BCUT2D eigenvalue weighted by atomic mass is 35.5. The van der Waals surface area contributed by atoms with Crippen LogP contribution in [0.1, 0.15) is 25.8 Å². The molecule has 0 aromatic heterocycles. The summed E-state index contributed by atoms with van der Waals surface area (Å²) in [6, 6.07) is 5.64. The topological polar surface area (TPSA) is 41.5 Å². The maximum atomic E-state index is 9.01. The Hall–Kier alpha value is -1.03. The van der Waals surface area contributed by atoms with Gasteiger partial charge in [-0.05, 0) is 50.1 Å². The van der Waals surface area contributed by atoms with E-state index >= 15 is 0 Å². The van der Waals surface area contributed by atoms with E-state index in [1.165, 1.54) is 5.57 Å². The molecule has 0 aliphatic carbocycles. The van der Waals surface area contributed by atoms with E-state index in [4.69, 9.17) is 21.4 Å². The van der Waals surface area contributed by atoms with E-state index in [0.29, 0.717) is 11.6 Å². The number of fused-ring (bicyclic) bond motifs is 1. The van der Waals surface area contributed by atoms with Crippen molar-refractivity contribution in [1.82, 2.24) is 5.32 Å². The van der Waals surface area contributed by atoms with E-state index in [1.54, 1.807) is 0 Å². The van der Waals surface area contributed by atoms with Gasteiger partial charge in [0, 0.05) is 29.3 Å². The van der Waals surface area contributed by atoms with Gasteiger partial charge in [0.2, 0.25) is 0 Å². The van der Waals surface area contributed by atoms with Crippen LogP contribution < -0.4 is 10.1 Å². The first-order chi connectivity index (χ1) is 9.00. The molecule has 2 rings (SSSR count). The van der Waals surface area contributed by atoms with Crippen LogP contribution in [0, 0.1) is 0 Å². The van der Waals surface area contributed by atoms with Gasteiger partial charge >= 0.3 is 0 Å². The number of nitrogens with one attached hydrogen (secondary N) is 1. The fourth-order valence-corrected chi connectivity index (χ4v) is 2.20. The van der Waals surface area contributed by atoms with Crippen molar-refractivity contribution >= 4 is 17.7 Å². The molecule has 0 fully saturated rings. The fourth-order valence-electron chi connectivity index (χ4n) is 2.02. The summed E-state index contributed by atoms with van der Waals surface area (Å²) in [7, 11) is 0. The zero-order valence-electron chi connectivity index (χ0n) is 11.4. The van der Waals surface area contributed by atoms with Gasteiger partial charge in [-0.25, -0.2) is 0 Å². The van der Waals surface area contributed by atoms with E-state index in [9.17, 15) is 0 Å². The lowest BCUT2D eigenvalue weighted by molar-refractivity contribution is 0.232. The molecule has 0 unspecified atom stereocenters. The van der Waals surface area contributed by atoms with Crippen molar-refractivity contribution in [2.45, 2.75) is 25.8 Å². The van der Waals surface area contributed by atoms with E-state index < -0.39 is 0 Å². The second-order valence-electron chi connectivity index (χ2n) is 5.48. The van der Waals surface area contributed by atoms with Crippen LogP contribution in [0.25, 0.3) is 6.08 Å². The molecule has 2 N–H and O–H groups in total. The van der Waals surface area contributed by atoms with Crippen LogP contribution in [0.2, 0.25) is 5.02 Å². The van der Waals surface area contributed by atoms with Crippen LogP contribution in [0.5, 0.6) is 5.75 Å². The predicted molar refractivity (Wildman–Crippen MR) is 78.7 cm³/mol. The molecule has 1 aromatic rings. The molecule has 1 aliphatic heterocycles. The van der Waals surface area contributed by atoms with Gasteiger partial charge in [0.15, 0.2) is 0 Å². The first-order valence-corrected chi connectivity index (χ1v) is 6.86. The monoisotopic (exact) mass is 281 g/mol. The molecule has 0 saturated carbocycles. The summed E-state index contributed by atoms with van der Waals surface area (Å²) in [6.45, 7) is 5.69. The maximum Gasteiger partial charge on any atom is 0.127 e. The van der Waals surface area contributed by atoms with Crippen LogP contribution in [-0.2, 0) is 0 Å². The summed E-state index contributed by atoms with van der Waals surface area (Å²) in [5.41, 5.74) is 2.13. The summed E-state index contributed by atoms with van der Waals surface area (Å²) < 4.78 is 5.70. The number of hydrogen-bond donors (Lipinski definition) is 2. The molecular weight excluding hydrogens is 262 g/mol. The van der Waals surface area contributed by atoms with E-state index in [-0.39, 0.29) is 12.1 Å². The number of aliphatic hydroxyl groups excluding tert-OH is 1. The number of aliphatic hydroxyl groups is 1. The van der Waals surface area contributed by atoms with Crippen molar-refractivity contribution < 1.29 is 9.84 Å². The predicted octanol–water partition coefficient (Wildman–Crippen LogP) is 2.87. The van der Waals surface area contributed by atoms with Crippen molar-refractivity contribution in [3.8, 4) is 5.75 Å². The van der Waals surface area contributed by atoms with Gasteiger partial charge in [-0.3, -0.25) is 0 Å². The summed E-state index contributed by atoms with van der Waals surface area (Å²) >= 11 is 5.99. The Labute approximate surface area is 119 Å². The first kappa shape index (κ1) is 14.4. The Kier molecular flexibility index (Phi) is 4.50. The van der Waals surface area contributed by atoms with Gasteiger partial charge < -0.3 is 15.2 Å². The molecule has 0 bridgehead atoms. The van der Waals surface area contributed by atoms with Crippen LogP contribution in [0.4, 0.5) is 0 Å². The Morgan fingerprint density at radius 1 is 1.42 bits per heavy atom. The SMILES string of the molecule is CC(C)(CCO)NCC1=Cc2cc(Cl)ccc2OC1. The Morgan fingerprint density at radius 3 is 2.95 bits per heavy atom. The highest BCUT2D eigenvalue weighted by Gasteiger charge is 2.18. The third-order valence-corrected chi connectivity index (χ3v) is 3.51. The smallest absolute Gasteiger partial charge is 0.127 e. The van der Waals surface area contributed by atoms with Gasteiger partial charge in [-0.15, -0.1) is 0 Å². The average Bonchev–Trinajstić information content (AvgIpc) is 2.36. The fraction of sp³-hybridized carbons (Fsp3) is 0.467. The van der Waals surface area contributed by atoms with Crippen molar-refractivity contribution in [2.24, 2.45) is 0 Å². The largest absolute Gasteiger partial charge is 0.489 e. The molecule has 0 amide bonds. The Balaban J connectivity index is 2.03. The molecule has 0 saturated heterocycles. The third kappa shape index (κ3) is 3.96. The van der Waals surface area contributed by atoms with Crippen LogP contribution in [0.3, 0.4) is 0 Å². The first-order valence-electron chi connectivity index (χ1n) is 6.48. The van der Waals surface area contributed by atoms with Crippen molar-refractivity contribution in [2.75, 3.05) is 19.8 Å². The summed E-state index contributed by atoms with van der Waals surface area (Å²) in [5.74, 6) is 0.878. The van der Waals surface area contributed by atoms with Gasteiger partial charge in [-0.2, -0.15) is 0 Å². The number of halogens is 1. The number of rotatable bonds is 5. The number of hydrogen-bond acceptors (Lipinski definition) is 3.